The van der Waals surface area contributed by atoms with Gasteiger partial charge in [0.1, 0.15) is 0 Å². The molecule has 1 fully saturated rings. The Morgan fingerprint density at radius 2 is 1.81 bits per heavy atom. The van der Waals surface area contributed by atoms with E-state index in [-0.39, 0.29) is 18.6 Å². The lowest BCUT2D eigenvalue weighted by Gasteiger charge is -2.22. The zero-order chi connectivity index (χ0) is 18.9. The van der Waals surface area contributed by atoms with Crippen molar-refractivity contribution < 1.29 is 9.84 Å². The second kappa shape index (κ2) is 10.1. The van der Waals surface area contributed by atoms with Crippen LogP contribution >= 0.6 is 0 Å². The maximum atomic E-state index is 9.71. The van der Waals surface area contributed by atoms with Crippen molar-refractivity contribution in [1.82, 2.24) is 10.6 Å². The molecule has 27 heavy (non-hydrogen) atoms. The number of hydrogen-bond donors (Lipinski definition) is 3. The molecule has 0 aliphatic carbocycles. The summed E-state index contributed by atoms with van der Waals surface area (Å²) in [6, 6.07) is 20.5. The number of nitrogens with one attached hydrogen (secondary N) is 2. The number of benzene rings is 2. The Bertz CT molecular complexity index is 706. The van der Waals surface area contributed by atoms with Crippen molar-refractivity contribution in [2.75, 3.05) is 33.4 Å². The Labute approximate surface area is 161 Å². The third-order valence-electron chi connectivity index (χ3n) is 5.10. The number of aliphatic imine (C=N–C) groups is 1. The maximum Gasteiger partial charge on any atom is 0.191 e. The summed E-state index contributed by atoms with van der Waals surface area (Å²) >= 11 is 0. The third kappa shape index (κ3) is 5.31. The minimum Gasteiger partial charge on any atom is -0.396 e. The van der Waals surface area contributed by atoms with E-state index in [9.17, 15) is 5.11 Å². The van der Waals surface area contributed by atoms with Gasteiger partial charge in [0.15, 0.2) is 5.96 Å². The number of ether oxygens (including phenoxy) is 1. The zero-order valence-electron chi connectivity index (χ0n) is 15.8. The first-order valence-electron chi connectivity index (χ1n) is 9.58. The Morgan fingerprint density at radius 1 is 1.11 bits per heavy atom. The minimum atomic E-state index is 0.0385. The summed E-state index contributed by atoms with van der Waals surface area (Å²) in [5.41, 5.74) is 2.35. The molecule has 144 valence electrons. The van der Waals surface area contributed by atoms with Crippen molar-refractivity contribution in [2.24, 2.45) is 10.9 Å². The van der Waals surface area contributed by atoms with Crippen LogP contribution in [0, 0.1) is 5.92 Å². The van der Waals surface area contributed by atoms with E-state index < -0.39 is 0 Å². The minimum absolute atomic E-state index is 0.0385. The van der Waals surface area contributed by atoms with E-state index >= 15 is 0 Å². The van der Waals surface area contributed by atoms with E-state index in [0.29, 0.717) is 12.5 Å². The van der Waals surface area contributed by atoms with Crippen LogP contribution < -0.4 is 10.6 Å². The number of guanidine groups is 1. The highest BCUT2D eigenvalue weighted by atomic mass is 16.5. The number of nitrogens with zero attached hydrogens (tertiary/aromatic N) is 1. The second-order valence-corrected chi connectivity index (χ2v) is 6.88. The summed E-state index contributed by atoms with van der Waals surface area (Å²) in [5, 5.41) is 16.5. The van der Waals surface area contributed by atoms with Gasteiger partial charge in [0.2, 0.25) is 0 Å². The predicted molar refractivity (Wildman–Crippen MR) is 109 cm³/mol. The smallest absolute Gasteiger partial charge is 0.191 e. The molecule has 2 aromatic carbocycles. The lowest BCUT2D eigenvalue weighted by atomic mass is 9.95. The summed E-state index contributed by atoms with van der Waals surface area (Å²) in [7, 11) is 1.77. The first kappa shape index (κ1) is 19.4. The van der Waals surface area contributed by atoms with Crippen LogP contribution in [0.1, 0.15) is 29.6 Å². The van der Waals surface area contributed by atoms with E-state index in [4.69, 9.17) is 4.74 Å². The van der Waals surface area contributed by atoms with Gasteiger partial charge in [-0.05, 0) is 17.5 Å². The molecule has 1 aliphatic heterocycles. The van der Waals surface area contributed by atoms with Gasteiger partial charge in [0.05, 0.1) is 12.7 Å². The van der Waals surface area contributed by atoms with Crippen LogP contribution in [-0.2, 0) is 4.74 Å². The van der Waals surface area contributed by atoms with Crippen LogP contribution in [0.15, 0.2) is 65.7 Å². The fourth-order valence-electron chi connectivity index (χ4n) is 3.54. The van der Waals surface area contributed by atoms with Crippen LogP contribution in [0.5, 0.6) is 0 Å². The monoisotopic (exact) mass is 367 g/mol. The second-order valence-electron chi connectivity index (χ2n) is 6.88. The van der Waals surface area contributed by atoms with E-state index in [0.717, 1.165) is 31.1 Å². The van der Waals surface area contributed by atoms with Crippen LogP contribution in [0.2, 0.25) is 0 Å². The molecule has 0 spiro atoms. The molecule has 3 atom stereocenters. The standard InChI is InChI=1S/C22H29N3O2/c1-23-22(25-15-20(16-26)17-8-4-2-5-9-17)24-14-19-12-13-27-21(19)18-10-6-3-7-11-18/h2-11,19-21,26H,12-16H2,1H3,(H2,23,24,25). The predicted octanol–water partition coefficient (Wildman–Crippen LogP) is 2.71. The highest BCUT2D eigenvalue weighted by Crippen LogP contribution is 2.33. The summed E-state index contributed by atoms with van der Waals surface area (Å²) in [6.07, 6.45) is 1.17. The van der Waals surface area contributed by atoms with Crippen LogP contribution in [0.4, 0.5) is 0 Å². The van der Waals surface area contributed by atoms with Crippen LogP contribution in [0.25, 0.3) is 0 Å². The van der Waals surface area contributed by atoms with E-state index in [1.165, 1.54) is 5.56 Å². The number of aliphatic hydroxyl groups is 1. The van der Waals surface area contributed by atoms with Gasteiger partial charge in [-0.25, -0.2) is 0 Å². The van der Waals surface area contributed by atoms with Gasteiger partial charge in [0.25, 0.3) is 0 Å². The summed E-state index contributed by atoms with van der Waals surface area (Å²) in [4.78, 5) is 4.32. The molecule has 1 heterocycles. The normalized spacial score (nSPS) is 21.0. The molecule has 1 saturated heterocycles. The molecule has 1 aliphatic rings. The molecule has 0 amide bonds. The molecule has 5 nitrogen and oxygen atoms in total. The first-order valence-corrected chi connectivity index (χ1v) is 9.58. The highest BCUT2D eigenvalue weighted by Gasteiger charge is 2.29. The molecule has 0 bridgehead atoms. The third-order valence-corrected chi connectivity index (χ3v) is 5.10. The molecule has 0 saturated carbocycles. The van der Waals surface area contributed by atoms with Gasteiger partial charge < -0.3 is 20.5 Å². The fourth-order valence-corrected chi connectivity index (χ4v) is 3.54. The van der Waals surface area contributed by atoms with Crippen molar-refractivity contribution in [3.63, 3.8) is 0 Å². The summed E-state index contributed by atoms with van der Waals surface area (Å²) < 4.78 is 5.96. The Kier molecular flexibility index (Phi) is 7.25. The zero-order valence-corrected chi connectivity index (χ0v) is 15.8. The van der Waals surface area contributed by atoms with Gasteiger partial charge >= 0.3 is 0 Å². The summed E-state index contributed by atoms with van der Waals surface area (Å²) in [6.45, 7) is 2.32. The van der Waals surface area contributed by atoms with E-state index in [2.05, 4.69) is 39.9 Å². The lowest BCUT2D eigenvalue weighted by molar-refractivity contribution is 0.0915. The van der Waals surface area contributed by atoms with Crippen molar-refractivity contribution >= 4 is 5.96 Å². The van der Waals surface area contributed by atoms with Crippen LogP contribution in [-0.4, -0.2) is 44.4 Å². The number of rotatable bonds is 7. The largest absolute Gasteiger partial charge is 0.396 e. The SMILES string of the molecule is CN=C(NCC(CO)c1ccccc1)NCC1CCOC1c1ccccc1. The molecule has 3 unspecified atom stereocenters. The molecule has 3 N–H and O–H groups in total. The summed E-state index contributed by atoms with van der Waals surface area (Å²) in [5.74, 6) is 1.20. The first-order chi connectivity index (χ1) is 13.3. The van der Waals surface area contributed by atoms with Crippen molar-refractivity contribution in [3.05, 3.63) is 71.8 Å². The van der Waals surface area contributed by atoms with Gasteiger partial charge in [0, 0.05) is 38.6 Å². The quantitative estimate of drug-likeness (QED) is 0.520. The Balaban J connectivity index is 1.51. The Morgan fingerprint density at radius 3 is 2.48 bits per heavy atom. The molecular weight excluding hydrogens is 338 g/mol. The fraction of sp³-hybridized carbons (Fsp3) is 0.409. The number of hydrogen-bond acceptors (Lipinski definition) is 3. The molecular formula is C22H29N3O2. The van der Waals surface area contributed by atoms with Crippen molar-refractivity contribution in [3.8, 4) is 0 Å². The van der Waals surface area contributed by atoms with Crippen LogP contribution in [0.3, 0.4) is 0 Å². The lowest BCUT2D eigenvalue weighted by Crippen LogP contribution is -2.42. The number of aliphatic hydroxyl groups excluding tert-OH is 1. The van der Waals surface area contributed by atoms with Crippen molar-refractivity contribution in [1.29, 1.82) is 0 Å². The molecule has 2 aromatic rings. The maximum absolute atomic E-state index is 9.71. The van der Waals surface area contributed by atoms with Gasteiger partial charge in [-0.3, -0.25) is 4.99 Å². The highest BCUT2D eigenvalue weighted by molar-refractivity contribution is 5.79. The Hall–Kier alpha value is -2.37. The topological polar surface area (TPSA) is 65.9 Å². The molecule has 3 rings (SSSR count). The van der Waals surface area contributed by atoms with Gasteiger partial charge in [-0.2, -0.15) is 0 Å². The van der Waals surface area contributed by atoms with E-state index in [1.807, 2.05) is 36.4 Å². The van der Waals surface area contributed by atoms with E-state index in [1.54, 1.807) is 7.05 Å². The molecule has 5 heteroatoms. The average Bonchev–Trinajstić information content (AvgIpc) is 3.21. The van der Waals surface area contributed by atoms with Crippen molar-refractivity contribution in [2.45, 2.75) is 18.4 Å². The van der Waals surface area contributed by atoms with Gasteiger partial charge in [-0.1, -0.05) is 60.7 Å². The molecule has 0 aromatic heterocycles. The molecule has 0 radical (unpaired) electrons. The van der Waals surface area contributed by atoms with Gasteiger partial charge in [-0.15, -0.1) is 0 Å². The average molecular weight is 367 g/mol.